The lowest BCUT2D eigenvalue weighted by Crippen LogP contribution is -2.24. The second-order valence-electron chi connectivity index (χ2n) is 6.60. The van der Waals surface area contributed by atoms with E-state index in [9.17, 15) is 9.18 Å². The van der Waals surface area contributed by atoms with Gasteiger partial charge in [-0.3, -0.25) is 4.79 Å². The monoisotopic (exact) mass is 370 g/mol. The summed E-state index contributed by atoms with van der Waals surface area (Å²) in [6.07, 6.45) is 0.841. The van der Waals surface area contributed by atoms with E-state index in [1.165, 1.54) is 22.1 Å². The molecular weight excluding hydrogens is 351 g/mol. The lowest BCUT2D eigenvalue weighted by atomic mass is 10.1. The molecule has 3 heterocycles. The molecule has 0 aliphatic carbocycles. The highest BCUT2D eigenvalue weighted by Gasteiger charge is 2.21. The summed E-state index contributed by atoms with van der Waals surface area (Å²) in [6, 6.07) is 4.93. The van der Waals surface area contributed by atoms with Crippen LogP contribution in [0.25, 0.3) is 10.6 Å². The molecule has 0 fully saturated rings. The molecular formula is C19H19FN4OS. The predicted octanol–water partition coefficient (Wildman–Crippen LogP) is 3.22. The maximum absolute atomic E-state index is 13.4. The van der Waals surface area contributed by atoms with Crippen molar-refractivity contribution >= 4 is 17.0 Å². The van der Waals surface area contributed by atoms with E-state index >= 15 is 0 Å². The zero-order valence-corrected chi connectivity index (χ0v) is 15.7. The molecule has 1 aliphatic heterocycles. The zero-order valence-electron chi connectivity index (χ0n) is 14.9. The van der Waals surface area contributed by atoms with Crippen molar-refractivity contribution in [2.45, 2.75) is 26.8 Å². The van der Waals surface area contributed by atoms with Gasteiger partial charge in [0, 0.05) is 24.7 Å². The first-order valence-corrected chi connectivity index (χ1v) is 9.34. The van der Waals surface area contributed by atoms with Gasteiger partial charge in [-0.1, -0.05) is 0 Å². The van der Waals surface area contributed by atoms with Gasteiger partial charge in [-0.05, 0) is 49.6 Å². The Balaban J connectivity index is 1.64. The standard InChI is InChI=1S/C19H19FN4OS/c1-11-12(2)22-23(3)19(25)17(11)18-21-15(10-26-18)9-24-7-6-13-8-14(20)4-5-16(13)24/h4-5,8,10H,6-7,9H2,1-3H3. The number of nitrogens with zero attached hydrogens (tertiary/aromatic N) is 4. The summed E-state index contributed by atoms with van der Waals surface area (Å²) >= 11 is 1.48. The normalized spacial score (nSPS) is 13.3. The highest BCUT2D eigenvalue weighted by atomic mass is 32.1. The molecule has 134 valence electrons. The fourth-order valence-electron chi connectivity index (χ4n) is 3.39. The van der Waals surface area contributed by atoms with Crippen LogP contribution in [0.15, 0.2) is 28.4 Å². The van der Waals surface area contributed by atoms with Gasteiger partial charge in [0.1, 0.15) is 10.8 Å². The fraction of sp³-hybridized carbons (Fsp3) is 0.316. The number of halogens is 1. The quantitative estimate of drug-likeness (QED) is 0.710. The van der Waals surface area contributed by atoms with Gasteiger partial charge < -0.3 is 4.90 Å². The third-order valence-electron chi connectivity index (χ3n) is 4.88. The van der Waals surface area contributed by atoms with Crippen LogP contribution in [0.2, 0.25) is 0 Å². The Hall–Kier alpha value is -2.54. The molecule has 0 saturated heterocycles. The van der Waals surface area contributed by atoms with Crippen LogP contribution in [-0.4, -0.2) is 21.3 Å². The lowest BCUT2D eigenvalue weighted by molar-refractivity contribution is 0.626. The third-order valence-corrected chi connectivity index (χ3v) is 5.79. The Morgan fingerprint density at radius 3 is 2.92 bits per heavy atom. The SMILES string of the molecule is Cc1nn(C)c(=O)c(-c2nc(CN3CCc4cc(F)ccc43)cs2)c1C. The third kappa shape index (κ3) is 2.82. The summed E-state index contributed by atoms with van der Waals surface area (Å²) in [6.45, 7) is 5.30. The summed E-state index contributed by atoms with van der Waals surface area (Å²) < 4.78 is 14.7. The number of aryl methyl sites for hydroxylation is 2. The van der Waals surface area contributed by atoms with E-state index in [-0.39, 0.29) is 11.4 Å². The van der Waals surface area contributed by atoms with Crippen LogP contribution in [0.5, 0.6) is 0 Å². The smallest absolute Gasteiger partial charge is 0.277 e. The molecule has 26 heavy (non-hydrogen) atoms. The number of benzene rings is 1. The first-order valence-electron chi connectivity index (χ1n) is 8.46. The van der Waals surface area contributed by atoms with E-state index in [1.54, 1.807) is 13.1 Å². The number of aromatic nitrogens is 3. The zero-order chi connectivity index (χ0) is 18.4. The van der Waals surface area contributed by atoms with E-state index in [4.69, 9.17) is 4.98 Å². The van der Waals surface area contributed by atoms with Crippen molar-refractivity contribution in [3.8, 4) is 10.6 Å². The van der Waals surface area contributed by atoms with Crippen LogP contribution in [0, 0.1) is 19.7 Å². The Morgan fingerprint density at radius 2 is 2.12 bits per heavy atom. The average Bonchev–Trinajstić information content (AvgIpc) is 3.21. The van der Waals surface area contributed by atoms with Gasteiger partial charge in [-0.25, -0.2) is 14.1 Å². The first-order chi connectivity index (χ1) is 12.4. The lowest BCUT2D eigenvalue weighted by Gasteiger charge is -2.17. The summed E-state index contributed by atoms with van der Waals surface area (Å²) in [5.74, 6) is -0.194. The minimum absolute atomic E-state index is 0.129. The van der Waals surface area contributed by atoms with Gasteiger partial charge in [-0.15, -0.1) is 11.3 Å². The number of thiazole rings is 1. The molecule has 0 unspecified atom stereocenters. The first kappa shape index (κ1) is 16.9. The van der Waals surface area contributed by atoms with Gasteiger partial charge in [0.15, 0.2) is 0 Å². The van der Waals surface area contributed by atoms with Crippen molar-refractivity contribution in [1.82, 2.24) is 14.8 Å². The van der Waals surface area contributed by atoms with Crippen molar-refractivity contribution in [3.05, 3.63) is 62.3 Å². The summed E-state index contributed by atoms with van der Waals surface area (Å²) in [7, 11) is 1.66. The number of hydrogen-bond acceptors (Lipinski definition) is 5. The largest absolute Gasteiger partial charge is 0.365 e. The molecule has 0 atom stereocenters. The molecule has 0 spiro atoms. The van der Waals surface area contributed by atoms with Crippen LogP contribution >= 0.6 is 11.3 Å². The van der Waals surface area contributed by atoms with Crippen molar-refractivity contribution < 1.29 is 4.39 Å². The number of fused-ring (bicyclic) bond motifs is 1. The van der Waals surface area contributed by atoms with E-state index in [2.05, 4.69) is 10.00 Å². The van der Waals surface area contributed by atoms with Crippen molar-refractivity contribution in [3.63, 3.8) is 0 Å². The topological polar surface area (TPSA) is 51.0 Å². The molecule has 5 nitrogen and oxygen atoms in total. The highest BCUT2D eigenvalue weighted by molar-refractivity contribution is 7.13. The van der Waals surface area contributed by atoms with Crippen molar-refractivity contribution in [2.24, 2.45) is 7.05 Å². The van der Waals surface area contributed by atoms with Crippen LogP contribution < -0.4 is 10.5 Å². The van der Waals surface area contributed by atoms with Crippen LogP contribution in [0.3, 0.4) is 0 Å². The van der Waals surface area contributed by atoms with Crippen LogP contribution in [0.4, 0.5) is 10.1 Å². The number of hydrogen-bond donors (Lipinski definition) is 0. The van der Waals surface area contributed by atoms with E-state index in [0.717, 1.165) is 46.2 Å². The minimum Gasteiger partial charge on any atom is -0.365 e. The molecule has 1 aliphatic rings. The van der Waals surface area contributed by atoms with Crippen LogP contribution in [0.1, 0.15) is 22.5 Å². The summed E-state index contributed by atoms with van der Waals surface area (Å²) in [5, 5.41) is 6.94. The number of rotatable bonds is 3. The van der Waals surface area contributed by atoms with Gasteiger partial charge in [0.05, 0.1) is 23.5 Å². The Bertz CT molecular complexity index is 1060. The molecule has 1 aromatic carbocycles. The molecule has 0 N–H and O–H groups in total. The van der Waals surface area contributed by atoms with E-state index < -0.39 is 0 Å². The van der Waals surface area contributed by atoms with E-state index in [0.29, 0.717) is 12.1 Å². The van der Waals surface area contributed by atoms with Gasteiger partial charge in [0.2, 0.25) is 0 Å². The van der Waals surface area contributed by atoms with Gasteiger partial charge >= 0.3 is 0 Å². The van der Waals surface area contributed by atoms with Gasteiger partial charge in [-0.2, -0.15) is 5.10 Å². The maximum Gasteiger partial charge on any atom is 0.277 e. The Morgan fingerprint density at radius 1 is 1.31 bits per heavy atom. The summed E-state index contributed by atoms with van der Waals surface area (Å²) in [5.41, 5.74) is 5.21. The molecule has 7 heteroatoms. The molecule has 3 aromatic rings. The summed E-state index contributed by atoms with van der Waals surface area (Å²) in [4.78, 5) is 19.4. The molecule has 0 radical (unpaired) electrons. The molecule has 0 saturated carbocycles. The minimum atomic E-state index is -0.194. The average molecular weight is 370 g/mol. The maximum atomic E-state index is 13.4. The molecule has 0 bridgehead atoms. The van der Waals surface area contributed by atoms with Gasteiger partial charge in [0.25, 0.3) is 5.56 Å². The van der Waals surface area contributed by atoms with E-state index in [1.807, 2.05) is 25.3 Å². The Labute approximate surface area is 154 Å². The predicted molar refractivity (Wildman–Crippen MR) is 101 cm³/mol. The van der Waals surface area contributed by atoms with Crippen molar-refractivity contribution in [2.75, 3.05) is 11.4 Å². The molecule has 2 aromatic heterocycles. The van der Waals surface area contributed by atoms with Crippen LogP contribution in [-0.2, 0) is 20.0 Å². The highest BCUT2D eigenvalue weighted by Crippen LogP contribution is 2.31. The second-order valence-corrected chi connectivity index (χ2v) is 7.46. The molecule has 0 amide bonds. The Kier molecular flexibility index (Phi) is 4.11. The second kappa shape index (κ2) is 6.32. The number of anilines is 1. The fourth-order valence-corrected chi connectivity index (χ4v) is 4.30. The van der Waals surface area contributed by atoms with Crippen molar-refractivity contribution in [1.29, 1.82) is 0 Å². The molecule has 4 rings (SSSR count).